The van der Waals surface area contributed by atoms with Crippen LogP contribution in [0.1, 0.15) is 22.8 Å². The quantitative estimate of drug-likeness (QED) is 0.699. The molecule has 2 aromatic carbocycles. The Balaban J connectivity index is 1.85. The molecule has 0 fully saturated rings. The van der Waals surface area contributed by atoms with E-state index in [0.29, 0.717) is 30.9 Å². The highest BCUT2D eigenvalue weighted by Gasteiger charge is 2.28. The molecule has 1 heterocycles. The minimum absolute atomic E-state index is 0.136. The topological polar surface area (TPSA) is 66.9 Å². The van der Waals surface area contributed by atoms with Crippen molar-refractivity contribution in [1.82, 2.24) is 4.31 Å². The zero-order chi connectivity index (χ0) is 20.5. The van der Waals surface area contributed by atoms with Gasteiger partial charge in [0.1, 0.15) is 12.4 Å². The van der Waals surface area contributed by atoms with Crippen LogP contribution in [0.15, 0.2) is 59.5 Å². The van der Waals surface area contributed by atoms with Crippen LogP contribution in [0.5, 0.6) is 5.75 Å². The van der Waals surface area contributed by atoms with E-state index in [1.54, 1.807) is 47.4 Å². The van der Waals surface area contributed by atoms with Gasteiger partial charge in [0.2, 0.25) is 10.0 Å². The molecule has 6 nitrogen and oxygen atoms in total. The molecular weight excluding hydrogens is 376 g/mol. The van der Waals surface area contributed by atoms with Crippen molar-refractivity contribution < 1.29 is 17.9 Å². The molecule has 1 aliphatic rings. The molecule has 0 N–H and O–H groups in total. The number of rotatable bonds is 6. The summed E-state index contributed by atoms with van der Waals surface area (Å²) >= 11 is 0. The fourth-order valence-electron chi connectivity index (χ4n) is 3.04. The van der Waals surface area contributed by atoms with Crippen LogP contribution < -0.4 is 9.64 Å². The Kier molecular flexibility index (Phi) is 5.58. The molecule has 0 aliphatic carbocycles. The summed E-state index contributed by atoms with van der Waals surface area (Å²) < 4.78 is 31.5. The summed E-state index contributed by atoms with van der Waals surface area (Å²) in [5.74, 6) is 0.475. The van der Waals surface area contributed by atoms with Crippen molar-refractivity contribution in [2.75, 3.05) is 32.1 Å². The summed E-state index contributed by atoms with van der Waals surface area (Å²) in [6.07, 6.45) is 0.615. The molecular formula is C21H24N2O4S. The molecule has 148 valence electrons. The molecule has 0 unspecified atom stereocenters. The molecule has 3 rings (SSSR count). The zero-order valence-electron chi connectivity index (χ0n) is 16.3. The molecule has 0 aromatic heterocycles. The maximum atomic E-state index is 13.0. The summed E-state index contributed by atoms with van der Waals surface area (Å²) in [4.78, 5) is 14.9. The SMILES string of the molecule is C=C(C)COc1cccc(C(=O)N2CCc3cc(S(=O)(=O)N(C)C)ccc32)c1. The van der Waals surface area contributed by atoms with Crippen LogP contribution in [0.2, 0.25) is 0 Å². The van der Waals surface area contributed by atoms with Crippen LogP contribution >= 0.6 is 0 Å². The van der Waals surface area contributed by atoms with Gasteiger partial charge in [-0.25, -0.2) is 12.7 Å². The van der Waals surface area contributed by atoms with Crippen LogP contribution in [0, 0.1) is 0 Å². The van der Waals surface area contributed by atoms with E-state index in [2.05, 4.69) is 6.58 Å². The van der Waals surface area contributed by atoms with Gasteiger partial charge in [0.05, 0.1) is 4.90 Å². The molecule has 2 aromatic rings. The van der Waals surface area contributed by atoms with E-state index in [1.165, 1.54) is 18.4 Å². The Labute approximate surface area is 166 Å². The van der Waals surface area contributed by atoms with Crippen LogP contribution in [0.4, 0.5) is 5.69 Å². The second-order valence-corrected chi connectivity index (χ2v) is 9.21. The van der Waals surface area contributed by atoms with E-state index in [-0.39, 0.29) is 10.8 Å². The minimum Gasteiger partial charge on any atom is -0.489 e. The second-order valence-electron chi connectivity index (χ2n) is 7.06. The first-order valence-electron chi connectivity index (χ1n) is 8.94. The predicted molar refractivity (Wildman–Crippen MR) is 109 cm³/mol. The first kappa shape index (κ1) is 20.1. The monoisotopic (exact) mass is 400 g/mol. The fourth-order valence-corrected chi connectivity index (χ4v) is 3.99. The maximum absolute atomic E-state index is 13.0. The normalized spacial score (nSPS) is 13.5. The van der Waals surface area contributed by atoms with Crippen molar-refractivity contribution >= 4 is 21.6 Å². The predicted octanol–water partition coefficient (Wildman–Crippen LogP) is 3.09. The van der Waals surface area contributed by atoms with Crippen molar-refractivity contribution in [1.29, 1.82) is 0 Å². The Bertz CT molecular complexity index is 1030. The average Bonchev–Trinajstić information content (AvgIpc) is 3.09. The minimum atomic E-state index is -3.50. The van der Waals surface area contributed by atoms with Crippen LogP contribution in [-0.2, 0) is 16.4 Å². The van der Waals surface area contributed by atoms with Gasteiger partial charge in [0.15, 0.2) is 0 Å². The number of anilines is 1. The largest absolute Gasteiger partial charge is 0.489 e. The summed E-state index contributed by atoms with van der Waals surface area (Å²) in [5, 5.41) is 0. The summed E-state index contributed by atoms with van der Waals surface area (Å²) in [7, 11) is -0.499. The van der Waals surface area contributed by atoms with Crippen LogP contribution in [0.25, 0.3) is 0 Å². The summed E-state index contributed by atoms with van der Waals surface area (Å²) in [6.45, 7) is 6.59. The van der Waals surface area contributed by atoms with Crippen molar-refractivity contribution in [3.8, 4) is 5.75 Å². The Morgan fingerprint density at radius 1 is 1.21 bits per heavy atom. The lowest BCUT2D eigenvalue weighted by atomic mass is 10.1. The number of fused-ring (bicyclic) bond motifs is 1. The lowest BCUT2D eigenvalue weighted by Crippen LogP contribution is -2.28. The smallest absolute Gasteiger partial charge is 0.258 e. The van der Waals surface area contributed by atoms with Crippen LogP contribution in [0.3, 0.4) is 0 Å². The van der Waals surface area contributed by atoms with Gasteiger partial charge in [0, 0.05) is 31.9 Å². The fraction of sp³-hybridized carbons (Fsp3) is 0.286. The molecule has 1 aliphatic heterocycles. The van der Waals surface area contributed by atoms with Gasteiger partial charge < -0.3 is 9.64 Å². The molecule has 0 radical (unpaired) electrons. The number of carbonyl (C=O) groups is 1. The first-order chi connectivity index (χ1) is 13.2. The molecule has 0 bridgehead atoms. The number of hydrogen-bond donors (Lipinski definition) is 0. The van der Waals surface area contributed by atoms with E-state index in [1.807, 2.05) is 6.92 Å². The number of nitrogens with zero attached hydrogens (tertiary/aromatic N) is 2. The lowest BCUT2D eigenvalue weighted by Gasteiger charge is -2.19. The summed E-state index contributed by atoms with van der Waals surface area (Å²) in [5.41, 5.74) is 3.02. The molecule has 0 saturated heterocycles. The third-order valence-electron chi connectivity index (χ3n) is 4.54. The van der Waals surface area contributed by atoms with E-state index >= 15 is 0 Å². The standard InChI is InChI=1S/C21H24N2O4S/c1-15(2)14-27-18-7-5-6-17(12-18)21(24)23-11-10-16-13-19(8-9-20(16)23)28(25,26)22(3)4/h5-9,12-13H,1,10-11,14H2,2-4H3. The third kappa shape index (κ3) is 3.95. The highest BCUT2D eigenvalue weighted by atomic mass is 32.2. The van der Waals surface area contributed by atoms with E-state index in [4.69, 9.17) is 4.74 Å². The van der Waals surface area contributed by atoms with Crippen molar-refractivity contribution in [3.05, 3.63) is 65.7 Å². The molecule has 0 atom stereocenters. The number of sulfonamides is 1. The summed E-state index contributed by atoms with van der Waals surface area (Å²) in [6, 6.07) is 12.0. The molecule has 7 heteroatoms. The third-order valence-corrected chi connectivity index (χ3v) is 6.35. The molecule has 0 spiro atoms. The second kappa shape index (κ2) is 7.77. The number of benzene rings is 2. The Hall–Kier alpha value is -2.64. The number of ether oxygens (including phenoxy) is 1. The van der Waals surface area contributed by atoms with Crippen molar-refractivity contribution in [3.63, 3.8) is 0 Å². The van der Waals surface area contributed by atoms with Gasteiger partial charge in [-0.3, -0.25) is 4.79 Å². The maximum Gasteiger partial charge on any atom is 0.258 e. The van der Waals surface area contributed by atoms with Crippen molar-refractivity contribution in [2.24, 2.45) is 0 Å². The van der Waals surface area contributed by atoms with Crippen molar-refractivity contribution in [2.45, 2.75) is 18.2 Å². The zero-order valence-corrected chi connectivity index (χ0v) is 17.1. The highest BCUT2D eigenvalue weighted by Crippen LogP contribution is 2.32. The number of hydrogen-bond acceptors (Lipinski definition) is 4. The van der Waals surface area contributed by atoms with E-state index < -0.39 is 10.0 Å². The Morgan fingerprint density at radius 2 is 1.96 bits per heavy atom. The Morgan fingerprint density at radius 3 is 2.64 bits per heavy atom. The van der Waals surface area contributed by atoms with Crippen LogP contribution in [-0.4, -0.2) is 45.9 Å². The molecule has 1 amide bonds. The molecule has 0 saturated carbocycles. The van der Waals surface area contributed by atoms with Gasteiger partial charge in [-0.05, 0) is 60.9 Å². The average molecular weight is 401 g/mol. The van der Waals surface area contributed by atoms with Gasteiger partial charge in [0.25, 0.3) is 5.91 Å². The highest BCUT2D eigenvalue weighted by molar-refractivity contribution is 7.89. The number of amides is 1. The van der Waals surface area contributed by atoms with E-state index in [9.17, 15) is 13.2 Å². The lowest BCUT2D eigenvalue weighted by molar-refractivity contribution is 0.0989. The first-order valence-corrected chi connectivity index (χ1v) is 10.4. The van der Waals surface area contributed by atoms with Gasteiger partial charge >= 0.3 is 0 Å². The molecule has 28 heavy (non-hydrogen) atoms. The van der Waals surface area contributed by atoms with Gasteiger partial charge in [-0.15, -0.1) is 0 Å². The number of carbonyl (C=O) groups excluding carboxylic acids is 1. The van der Waals surface area contributed by atoms with E-state index in [0.717, 1.165) is 16.8 Å². The van der Waals surface area contributed by atoms with Gasteiger partial charge in [-0.1, -0.05) is 12.6 Å². The van der Waals surface area contributed by atoms with Gasteiger partial charge in [-0.2, -0.15) is 0 Å².